The standard InChI is InChI=1S/C22H42O4.C12H14O4.2C10H10O4.C9H10O2.C7H12O4.C7H6O2.C6H10O4.C6H6O.C4H6O4.2C2H4/c1-3-5-7-9-11-15-19-25-21(23)17-13-14-18-22(24)26-20-16-12-10-8-6-4-2;1-3-15-11(13)9-7-5-6-8-10(9)12(14)16-4-2;1-13-9(11)7-4-3-5-8(6-7)10(12)14-2;1-13-9(11)7-5-3-4-6-8(7)10(12)14-2;1-2-11-9(10)8-6-4-3-5-7-8;1-3-10-6(8)5-7(9)11-4-2;8-7(9)6-4-2-1-3-5-6;7-5(8)3-1-2-4-6(9)10;7-6-4-2-1-3-5-6;1-2-8-4(7)3(5)6;2*1-2/h3-20H2,1-2H3;5-8H,3-4H2,1-2H3;2*3-6H,1-2H3;3-7H,2H2,1H3;3-5H2,1-2H3;1-5H,(H,8,9);1-4H2,(H,7,8)(H,9,10);1-5,7H;2H2,1H3,(H,5,6);2*1-2H2. The van der Waals surface area contributed by atoms with Crippen LogP contribution in [-0.4, -0.2) is 202 Å². The van der Waals surface area contributed by atoms with Crippen molar-refractivity contribution in [3.8, 4) is 5.75 Å². The lowest BCUT2D eigenvalue weighted by molar-refractivity contribution is -0.163. The van der Waals surface area contributed by atoms with Crippen LogP contribution in [0.4, 0.5) is 0 Å². The van der Waals surface area contributed by atoms with Crippen molar-refractivity contribution in [3.63, 3.8) is 0 Å². The van der Waals surface area contributed by atoms with Gasteiger partial charge in [0.2, 0.25) is 0 Å². The Balaban J connectivity index is -0.000000334. The third kappa shape index (κ3) is 74.4. The van der Waals surface area contributed by atoms with E-state index in [9.17, 15) is 76.7 Å². The van der Waals surface area contributed by atoms with Gasteiger partial charge in [-0.05, 0) is 159 Å². The maximum Gasteiger partial charge on any atom is 0.417 e. The lowest BCUT2D eigenvalue weighted by atomic mass is 10.1. The van der Waals surface area contributed by atoms with Crippen LogP contribution in [0.15, 0.2) is 190 Å². The van der Waals surface area contributed by atoms with E-state index in [1.165, 1.54) is 98.0 Å². The second-order valence-corrected chi connectivity index (χ2v) is 25.2. The Morgan fingerprint density at radius 1 is 0.269 bits per heavy atom. The highest BCUT2D eigenvalue weighted by Gasteiger charge is 2.20. The summed E-state index contributed by atoms with van der Waals surface area (Å²) in [7, 11) is 5.09. The molecule has 0 heterocycles. The summed E-state index contributed by atoms with van der Waals surface area (Å²) in [6.45, 7) is 29.3. The number of ether oxygens (including phenoxy) is 12. The van der Waals surface area contributed by atoms with Crippen LogP contribution in [0, 0.1) is 0 Å². The fraction of sp³-hybridized carbons (Fsp3) is 0.423. The minimum absolute atomic E-state index is 0.0628. The van der Waals surface area contributed by atoms with Crippen molar-refractivity contribution in [2.45, 2.75) is 190 Å². The molecule has 0 unspecified atom stereocenters. The number of phenols is 1. The minimum Gasteiger partial charge on any atom is -0.508 e. The second kappa shape index (κ2) is 89.9. The van der Waals surface area contributed by atoms with Crippen LogP contribution >= 0.6 is 0 Å². The van der Waals surface area contributed by atoms with Gasteiger partial charge >= 0.3 is 95.5 Å². The Morgan fingerprint density at radius 2 is 0.554 bits per heavy atom. The number of phenolic OH excluding ortho intramolecular Hbond substituents is 1. The molecule has 5 N–H and O–H groups in total. The van der Waals surface area contributed by atoms with Crippen LogP contribution in [0.1, 0.15) is 273 Å². The average Bonchev–Trinajstić information content (AvgIpc) is 0.846. The lowest BCUT2D eigenvalue weighted by Crippen LogP contribution is -2.15. The molecule has 6 rings (SSSR count). The Hall–Kier alpha value is -13.9. The van der Waals surface area contributed by atoms with Gasteiger partial charge in [-0.3, -0.25) is 28.8 Å². The molecule has 0 aliphatic heterocycles. The van der Waals surface area contributed by atoms with E-state index in [0.29, 0.717) is 86.3 Å². The largest absolute Gasteiger partial charge is 0.508 e. The van der Waals surface area contributed by atoms with Gasteiger partial charge in [-0.25, -0.2) is 47.9 Å². The lowest BCUT2D eigenvalue weighted by Gasteiger charge is -2.07. The zero-order chi connectivity index (χ0) is 99.5. The van der Waals surface area contributed by atoms with Crippen molar-refractivity contribution in [2.75, 3.05) is 81.3 Å². The zero-order valence-corrected chi connectivity index (χ0v) is 77.1. The number of unbranched alkanes of at least 4 members (excludes halogenated alkanes) is 12. The molecule has 0 atom stereocenters. The van der Waals surface area contributed by atoms with Crippen LogP contribution in [0.5, 0.6) is 5.75 Å². The Labute approximate surface area is 763 Å². The molecule has 0 fully saturated rings. The third-order valence-electron chi connectivity index (χ3n) is 15.3. The number of methoxy groups -OCH3 is 4. The number of carbonyl (C=O) groups excluding carboxylic acids is 12. The predicted molar refractivity (Wildman–Crippen MR) is 486 cm³/mol. The molecule has 0 aliphatic carbocycles. The Bertz CT molecular complexity index is 3920. The molecule has 0 bridgehead atoms. The predicted octanol–water partition coefficient (Wildman–Crippen LogP) is 18.0. The van der Waals surface area contributed by atoms with Crippen molar-refractivity contribution >= 4 is 95.5 Å². The highest BCUT2D eigenvalue weighted by atomic mass is 16.6. The van der Waals surface area contributed by atoms with Gasteiger partial charge in [-0.15, -0.1) is 26.3 Å². The van der Waals surface area contributed by atoms with Gasteiger partial charge in [-0.1, -0.05) is 163 Å². The van der Waals surface area contributed by atoms with Crippen LogP contribution in [0.3, 0.4) is 0 Å². The van der Waals surface area contributed by atoms with E-state index in [4.69, 9.17) is 49.2 Å². The molecule has 0 aliphatic rings. The number of esters is 12. The fourth-order valence-electron chi connectivity index (χ4n) is 9.23. The summed E-state index contributed by atoms with van der Waals surface area (Å²) in [4.78, 5) is 173. The number of hydrogen-bond donors (Lipinski definition) is 5. The van der Waals surface area contributed by atoms with E-state index < -0.39 is 77.6 Å². The molecule has 0 spiro atoms. The highest BCUT2D eigenvalue weighted by molar-refractivity contribution is 6.28. The molecule has 130 heavy (non-hydrogen) atoms. The number of carboxylic acid groups (broad SMARTS) is 4. The number of aromatic carboxylic acids is 1. The quantitative estimate of drug-likeness (QED) is 0.00595. The van der Waals surface area contributed by atoms with E-state index in [2.05, 4.69) is 73.3 Å². The monoisotopic (exact) mass is 1830 g/mol. The highest BCUT2D eigenvalue weighted by Crippen LogP contribution is 2.15. The molecule has 6 aromatic carbocycles. The van der Waals surface area contributed by atoms with Gasteiger partial charge in [0.25, 0.3) is 0 Å². The molecule has 720 valence electrons. The van der Waals surface area contributed by atoms with Gasteiger partial charge in [0, 0.05) is 25.7 Å². The molecule has 0 aromatic heterocycles. The smallest absolute Gasteiger partial charge is 0.417 e. The molecule has 6 aromatic rings. The van der Waals surface area contributed by atoms with Crippen molar-refractivity contribution in [1.29, 1.82) is 0 Å². The van der Waals surface area contributed by atoms with Crippen molar-refractivity contribution in [3.05, 3.63) is 235 Å². The maximum atomic E-state index is 11.6. The normalized spacial score (nSPS) is 9.20. The van der Waals surface area contributed by atoms with Gasteiger partial charge in [0.05, 0.1) is 126 Å². The second-order valence-electron chi connectivity index (χ2n) is 25.2. The summed E-state index contributed by atoms with van der Waals surface area (Å²) >= 11 is 0. The van der Waals surface area contributed by atoms with E-state index >= 15 is 0 Å². The number of aromatic hydroxyl groups is 1. The summed E-state index contributed by atoms with van der Waals surface area (Å²) in [6.07, 6.45) is 17.2. The van der Waals surface area contributed by atoms with Crippen LogP contribution < -0.4 is 0 Å². The Kier molecular flexibility index (Phi) is 87.8. The van der Waals surface area contributed by atoms with E-state index in [0.717, 1.165) is 25.7 Å². The first-order valence-corrected chi connectivity index (χ1v) is 42.0. The molecule has 0 saturated heterocycles. The first-order valence-electron chi connectivity index (χ1n) is 42.0. The third-order valence-corrected chi connectivity index (χ3v) is 15.3. The number of carbonyl (C=O) groups is 16. The fourth-order valence-corrected chi connectivity index (χ4v) is 9.23. The maximum absolute atomic E-state index is 11.6. The number of para-hydroxylation sites is 1. The summed E-state index contributed by atoms with van der Waals surface area (Å²) in [5, 5.41) is 41.1. The van der Waals surface area contributed by atoms with Crippen molar-refractivity contribution in [2.24, 2.45) is 0 Å². The van der Waals surface area contributed by atoms with E-state index in [1.807, 2.05) is 24.3 Å². The van der Waals surface area contributed by atoms with Crippen molar-refractivity contribution < 1.29 is 159 Å². The topological polar surface area (TPSA) is 485 Å². The van der Waals surface area contributed by atoms with Crippen molar-refractivity contribution in [1.82, 2.24) is 0 Å². The average molecular weight is 1830 g/mol. The molecular formula is C97H134O33. The summed E-state index contributed by atoms with van der Waals surface area (Å²) < 4.78 is 56.1. The zero-order valence-electron chi connectivity index (χ0n) is 77.1. The Morgan fingerprint density at radius 3 is 0.831 bits per heavy atom. The molecule has 33 nitrogen and oxygen atoms in total. The number of benzene rings is 6. The van der Waals surface area contributed by atoms with Crippen LogP contribution in [-0.2, 0) is 95.2 Å². The number of aliphatic carboxylic acids is 3. The first-order chi connectivity index (χ1) is 62.3. The van der Waals surface area contributed by atoms with Crippen LogP contribution in [0.25, 0.3) is 0 Å². The van der Waals surface area contributed by atoms with Crippen LogP contribution in [0.2, 0.25) is 0 Å². The summed E-state index contributed by atoms with van der Waals surface area (Å²) in [5.74, 6) is -9.72. The SMILES string of the molecule is C=C.C=C.CCCCCCCCOC(=O)CCCCC(=O)OCCCCCCCC.CCOC(=O)C(=O)O.CCOC(=O)CC(=O)OCC.CCOC(=O)c1ccccc1.CCOC(=O)c1ccccc1C(=O)OCC.COC(=O)c1cccc(C(=O)OC)c1.COC(=O)c1ccccc1C(=O)OC.O=C(O)CCCCC(=O)O.O=C(O)c1ccccc1.Oc1ccccc1. The summed E-state index contributed by atoms with van der Waals surface area (Å²) in [5.41, 5.74) is 2.49. The van der Waals surface area contributed by atoms with Gasteiger partial charge in [-0.2, -0.15) is 0 Å². The molecule has 33 heteroatoms. The van der Waals surface area contributed by atoms with Gasteiger partial charge < -0.3 is 82.4 Å². The van der Waals surface area contributed by atoms with Gasteiger partial charge in [0.1, 0.15) is 12.2 Å². The molecule has 0 radical (unpaired) electrons. The van der Waals surface area contributed by atoms with Gasteiger partial charge in [0.15, 0.2) is 0 Å². The van der Waals surface area contributed by atoms with E-state index in [1.54, 1.807) is 163 Å². The minimum atomic E-state index is -1.55. The molecular weight excluding hydrogens is 1690 g/mol. The molecule has 0 amide bonds. The number of rotatable bonds is 40. The first kappa shape index (κ1) is 127. The number of carboxylic acids is 4. The summed E-state index contributed by atoms with van der Waals surface area (Å²) in [6, 6.07) is 44.9. The molecule has 0 saturated carbocycles. The number of hydrogen-bond acceptors (Lipinski definition) is 29. The van der Waals surface area contributed by atoms with E-state index in [-0.39, 0.29) is 92.5 Å².